The number of aliphatic hydroxyl groups excluding tert-OH is 6. The largest absolute Gasteiger partial charge is 0.508 e. The number of carbonyl (C=O) groups is 1. The van der Waals surface area contributed by atoms with Crippen LogP contribution in [0, 0.1) is 0 Å². The number of rotatable bonds is 10. The van der Waals surface area contributed by atoms with Gasteiger partial charge in [0.15, 0.2) is 29.7 Å². The van der Waals surface area contributed by atoms with E-state index in [4.69, 9.17) is 28.1 Å². The minimum atomic E-state index is -2.05. The van der Waals surface area contributed by atoms with Crippen LogP contribution in [-0.4, -0.2) is 137 Å². The zero-order valence-corrected chi connectivity index (χ0v) is 28.2. The Labute approximate surface area is 308 Å². The Hall–Kier alpha value is -5.48. The van der Waals surface area contributed by atoms with Gasteiger partial charge in [-0.25, -0.2) is 4.79 Å². The molecule has 0 bridgehead atoms. The van der Waals surface area contributed by atoms with E-state index >= 15 is 0 Å². The fourth-order valence-electron chi connectivity index (χ4n) is 5.93. The molecule has 0 radical (unpaired) electrons. The lowest BCUT2D eigenvalue weighted by Crippen LogP contribution is -2.65. The monoisotopic (exact) mass is 772 g/mol. The molecule has 1 aromatic heterocycles. The van der Waals surface area contributed by atoms with E-state index in [0.717, 1.165) is 30.3 Å². The number of fused-ring (bicyclic) bond motifs is 1. The van der Waals surface area contributed by atoms with Crippen LogP contribution >= 0.6 is 0 Å². The number of phenolic OH excluding ortho intramolecular Hbond substituents is 5. The summed E-state index contributed by atoms with van der Waals surface area (Å²) < 4.78 is 33.9. The fraction of sp³-hybridized carbons (Fsp3) is 0.333. The molecule has 2 saturated heterocycles. The molecule has 0 aliphatic carbocycles. The van der Waals surface area contributed by atoms with Crippen LogP contribution in [0.1, 0.15) is 5.56 Å². The molecule has 55 heavy (non-hydrogen) atoms. The van der Waals surface area contributed by atoms with Gasteiger partial charge in [-0.05, 0) is 42.0 Å². The summed E-state index contributed by atoms with van der Waals surface area (Å²) in [6.07, 6.45) is -16.5. The Bertz CT molecular complexity index is 2100. The molecule has 6 rings (SSSR count). The first kappa shape index (κ1) is 39.2. The molecular formula is C36H36O19. The van der Waals surface area contributed by atoms with Gasteiger partial charge in [-0.1, -0.05) is 12.1 Å². The molecule has 4 aromatic rings. The first-order chi connectivity index (χ1) is 26.2. The quantitative estimate of drug-likeness (QED) is 0.0537. The van der Waals surface area contributed by atoms with Gasteiger partial charge in [-0.15, -0.1) is 0 Å². The van der Waals surface area contributed by atoms with E-state index in [1.807, 2.05) is 0 Å². The van der Waals surface area contributed by atoms with Crippen molar-refractivity contribution in [3.05, 3.63) is 76.5 Å². The second kappa shape index (κ2) is 16.1. The molecule has 3 aromatic carbocycles. The summed E-state index contributed by atoms with van der Waals surface area (Å²) in [6.45, 7) is -1.60. The van der Waals surface area contributed by atoms with E-state index in [0.29, 0.717) is 5.56 Å². The summed E-state index contributed by atoms with van der Waals surface area (Å²) in [4.78, 5) is 26.3. The SMILES string of the molecule is O=C(/C=C/c1ccc(O)cc1)OC[C@@H]1O[C@@H](O[C@H]2[C@H](Oc3c(-c4ccc(O)c(O)c4)oc4cc(O)cc(O)c4c3=O)O[C@H](CO)[C@@H](O)[C@@H]2O)[C@H](O)[C@H](O)[C@H]1O. The van der Waals surface area contributed by atoms with Gasteiger partial charge >= 0.3 is 5.97 Å². The van der Waals surface area contributed by atoms with Crippen LogP contribution in [0.4, 0.5) is 0 Å². The molecule has 0 unspecified atom stereocenters. The van der Waals surface area contributed by atoms with E-state index in [2.05, 4.69) is 0 Å². The van der Waals surface area contributed by atoms with E-state index in [-0.39, 0.29) is 16.9 Å². The Morgan fingerprint density at radius 3 is 2.11 bits per heavy atom. The highest BCUT2D eigenvalue weighted by molar-refractivity contribution is 5.88. The highest BCUT2D eigenvalue weighted by Gasteiger charge is 2.52. The third kappa shape index (κ3) is 8.15. The molecule has 19 heteroatoms. The highest BCUT2D eigenvalue weighted by Crippen LogP contribution is 2.40. The predicted molar refractivity (Wildman–Crippen MR) is 183 cm³/mol. The standard InChI is InChI=1S/C36H36O19/c37-12-22-26(44)30(48)34(55-35-31(49)29(47)27(45)23(53-35)13-50-24(43)8-3-14-1-5-16(38)6-2-14)36(52-22)54-33-28(46)25-20(42)10-17(39)11-21(25)51-32(33)15-4-7-18(40)19(41)9-15/h1-11,22-23,26-27,29-31,34-42,44-45,47-49H,12-13H2/b8-3+/t22-,23+,26-,27+,29-,30+,31-,34-,35+,36+/m1/s1. The molecule has 2 fully saturated rings. The fourth-order valence-corrected chi connectivity index (χ4v) is 5.93. The zero-order valence-electron chi connectivity index (χ0n) is 28.2. The first-order valence-electron chi connectivity index (χ1n) is 16.5. The van der Waals surface area contributed by atoms with Crippen molar-refractivity contribution in [1.29, 1.82) is 0 Å². The number of aliphatic hydroxyl groups is 6. The maximum absolute atomic E-state index is 13.9. The maximum atomic E-state index is 13.9. The van der Waals surface area contributed by atoms with Gasteiger partial charge in [-0.2, -0.15) is 0 Å². The third-order valence-corrected chi connectivity index (χ3v) is 8.87. The van der Waals surface area contributed by atoms with Crippen molar-refractivity contribution in [3.8, 4) is 45.8 Å². The summed E-state index contributed by atoms with van der Waals surface area (Å²) >= 11 is 0. The van der Waals surface area contributed by atoms with Crippen molar-refractivity contribution in [2.24, 2.45) is 0 Å². The van der Waals surface area contributed by atoms with Gasteiger partial charge < -0.3 is 84.3 Å². The van der Waals surface area contributed by atoms with Gasteiger partial charge in [0.25, 0.3) is 0 Å². The van der Waals surface area contributed by atoms with Crippen LogP contribution in [0.25, 0.3) is 28.4 Å². The summed E-state index contributed by atoms with van der Waals surface area (Å²) in [7, 11) is 0. The Balaban J connectivity index is 1.30. The molecule has 11 N–H and O–H groups in total. The lowest BCUT2D eigenvalue weighted by atomic mass is 9.97. The average Bonchev–Trinajstić information content (AvgIpc) is 3.15. The van der Waals surface area contributed by atoms with Crippen molar-refractivity contribution >= 4 is 23.0 Å². The Morgan fingerprint density at radius 2 is 1.42 bits per heavy atom. The number of benzene rings is 3. The van der Waals surface area contributed by atoms with Crippen LogP contribution in [0.3, 0.4) is 0 Å². The number of ether oxygens (including phenoxy) is 5. The Kier molecular flexibility index (Phi) is 11.5. The molecular weight excluding hydrogens is 736 g/mol. The van der Waals surface area contributed by atoms with Gasteiger partial charge in [0.05, 0.1) is 6.61 Å². The summed E-state index contributed by atoms with van der Waals surface area (Å²) in [5, 5.41) is 114. The molecule has 2 aliphatic heterocycles. The van der Waals surface area contributed by atoms with Crippen molar-refractivity contribution in [2.75, 3.05) is 13.2 Å². The second-order valence-corrected chi connectivity index (χ2v) is 12.6. The average molecular weight is 773 g/mol. The van der Waals surface area contributed by atoms with Crippen LogP contribution in [0.15, 0.2) is 69.9 Å². The molecule has 294 valence electrons. The van der Waals surface area contributed by atoms with E-state index in [9.17, 15) is 65.8 Å². The zero-order chi connectivity index (χ0) is 39.7. The summed E-state index contributed by atoms with van der Waals surface area (Å²) in [5.74, 6) is -4.59. The topological polar surface area (TPSA) is 316 Å². The van der Waals surface area contributed by atoms with Crippen LogP contribution < -0.4 is 10.2 Å². The summed E-state index contributed by atoms with van der Waals surface area (Å²) in [5.41, 5.74) is -1.01. The number of hydrogen-bond donors (Lipinski definition) is 11. The van der Waals surface area contributed by atoms with Crippen molar-refractivity contribution < 1.29 is 89.1 Å². The van der Waals surface area contributed by atoms with Gasteiger partial charge in [0.1, 0.15) is 77.6 Å². The van der Waals surface area contributed by atoms with Crippen molar-refractivity contribution in [1.82, 2.24) is 0 Å². The number of esters is 1. The van der Waals surface area contributed by atoms with E-state index in [1.165, 1.54) is 36.4 Å². The van der Waals surface area contributed by atoms with Crippen LogP contribution in [-0.2, 0) is 23.7 Å². The highest BCUT2D eigenvalue weighted by atomic mass is 16.8. The molecule has 19 nitrogen and oxygen atoms in total. The minimum Gasteiger partial charge on any atom is -0.508 e. The van der Waals surface area contributed by atoms with E-state index < -0.39 is 126 Å². The molecule has 2 aliphatic rings. The number of carbonyl (C=O) groups excluding carboxylic acids is 1. The maximum Gasteiger partial charge on any atom is 0.330 e. The summed E-state index contributed by atoms with van der Waals surface area (Å²) in [6, 6.07) is 10.9. The minimum absolute atomic E-state index is 0.00936. The third-order valence-electron chi connectivity index (χ3n) is 8.87. The second-order valence-electron chi connectivity index (χ2n) is 12.6. The van der Waals surface area contributed by atoms with Gasteiger partial charge in [-0.3, -0.25) is 4.79 Å². The molecule has 0 saturated carbocycles. The number of phenols is 5. The normalized spacial score (nSPS) is 28.3. The van der Waals surface area contributed by atoms with Crippen LogP contribution in [0.5, 0.6) is 34.5 Å². The lowest BCUT2D eigenvalue weighted by Gasteiger charge is -2.45. The first-order valence-corrected chi connectivity index (χ1v) is 16.5. The predicted octanol–water partition coefficient (Wildman–Crippen LogP) is -0.745. The van der Waals surface area contributed by atoms with Gasteiger partial charge in [0, 0.05) is 23.8 Å². The molecule has 0 spiro atoms. The Morgan fingerprint density at radius 1 is 0.727 bits per heavy atom. The van der Waals surface area contributed by atoms with Gasteiger partial charge in [0.2, 0.25) is 17.5 Å². The van der Waals surface area contributed by atoms with Crippen molar-refractivity contribution in [3.63, 3.8) is 0 Å². The molecule has 10 atom stereocenters. The lowest BCUT2D eigenvalue weighted by molar-refractivity contribution is -0.358. The molecule has 0 amide bonds. The smallest absolute Gasteiger partial charge is 0.330 e. The van der Waals surface area contributed by atoms with E-state index in [1.54, 1.807) is 0 Å². The molecule has 3 heterocycles. The van der Waals surface area contributed by atoms with Crippen molar-refractivity contribution in [2.45, 2.75) is 61.4 Å². The number of hydrogen-bond acceptors (Lipinski definition) is 19. The number of aromatic hydroxyl groups is 5. The van der Waals surface area contributed by atoms with Crippen LogP contribution in [0.2, 0.25) is 0 Å².